The van der Waals surface area contributed by atoms with Gasteiger partial charge in [0, 0.05) is 0 Å². The SMILES string of the molecule is COC(=O)[C@H](C)NP. The Hall–Kier alpha value is -0.140. The maximum atomic E-state index is 10.4. The average molecular weight is 135 g/mol. The van der Waals surface area contributed by atoms with Crippen LogP contribution >= 0.6 is 9.39 Å². The van der Waals surface area contributed by atoms with Gasteiger partial charge in [-0.1, -0.05) is 9.39 Å². The molecule has 2 atom stereocenters. The Labute approximate surface area is 51.0 Å². The molecule has 0 aliphatic rings. The lowest BCUT2D eigenvalue weighted by Crippen LogP contribution is -2.27. The molecule has 8 heavy (non-hydrogen) atoms. The molecule has 0 spiro atoms. The fourth-order valence-corrected chi connectivity index (χ4v) is 0.381. The Morgan fingerprint density at radius 2 is 2.38 bits per heavy atom. The molecule has 0 rings (SSSR count). The van der Waals surface area contributed by atoms with Crippen LogP contribution in [0.1, 0.15) is 6.92 Å². The van der Waals surface area contributed by atoms with Gasteiger partial charge in [-0.3, -0.25) is 9.88 Å². The molecule has 1 N–H and O–H groups in total. The van der Waals surface area contributed by atoms with Crippen molar-refractivity contribution in [2.24, 2.45) is 0 Å². The second-order valence-corrected chi connectivity index (χ2v) is 1.74. The molecule has 0 radical (unpaired) electrons. The molecule has 0 aromatic rings. The van der Waals surface area contributed by atoms with E-state index in [1.807, 2.05) is 0 Å². The minimum Gasteiger partial charge on any atom is -0.468 e. The Morgan fingerprint density at radius 3 is 2.50 bits per heavy atom. The standard InChI is InChI=1S/C4H10NO2P/c1-3(5-8)4(6)7-2/h3,5H,8H2,1-2H3/t3-/m0/s1. The van der Waals surface area contributed by atoms with Crippen LogP contribution in [0.25, 0.3) is 0 Å². The average Bonchev–Trinajstić information content (AvgIpc) is 1.84. The topological polar surface area (TPSA) is 38.3 Å². The molecule has 3 nitrogen and oxygen atoms in total. The van der Waals surface area contributed by atoms with Crippen LogP contribution in [-0.4, -0.2) is 19.1 Å². The number of esters is 1. The highest BCUT2D eigenvalue weighted by atomic mass is 31.0. The van der Waals surface area contributed by atoms with Gasteiger partial charge in [0.25, 0.3) is 0 Å². The van der Waals surface area contributed by atoms with E-state index in [0.29, 0.717) is 0 Å². The third-order valence-electron chi connectivity index (χ3n) is 0.805. The van der Waals surface area contributed by atoms with Gasteiger partial charge in [-0.2, -0.15) is 0 Å². The quantitative estimate of drug-likeness (QED) is 0.425. The number of methoxy groups -OCH3 is 1. The summed E-state index contributed by atoms with van der Waals surface area (Å²) < 4.78 is 4.39. The van der Waals surface area contributed by atoms with Gasteiger partial charge in [-0.15, -0.1) is 0 Å². The molecule has 0 heterocycles. The third kappa shape index (κ3) is 2.24. The zero-order chi connectivity index (χ0) is 6.57. The predicted octanol–water partition coefficient (Wildman–Crippen LogP) is -0.0724. The zero-order valence-electron chi connectivity index (χ0n) is 4.97. The van der Waals surface area contributed by atoms with Crippen molar-refractivity contribution in [3.05, 3.63) is 0 Å². The van der Waals surface area contributed by atoms with Crippen LogP contribution in [-0.2, 0) is 9.53 Å². The first-order chi connectivity index (χ1) is 3.72. The first kappa shape index (κ1) is 7.86. The van der Waals surface area contributed by atoms with Gasteiger partial charge in [0.2, 0.25) is 0 Å². The third-order valence-corrected chi connectivity index (χ3v) is 1.30. The van der Waals surface area contributed by atoms with Crippen LogP contribution in [0, 0.1) is 0 Å². The van der Waals surface area contributed by atoms with E-state index in [2.05, 4.69) is 19.2 Å². The molecule has 0 saturated carbocycles. The fourth-order valence-electron chi connectivity index (χ4n) is 0.245. The number of ether oxygens (including phenoxy) is 1. The summed E-state index contributed by atoms with van der Waals surface area (Å²) in [5.41, 5.74) is 0. The lowest BCUT2D eigenvalue weighted by Gasteiger charge is -2.04. The summed E-state index contributed by atoms with van der Waals surface area (Å²) in [5, 5.41) is 2.66. The molecule has 0 aromatic heterocycles. The highest BCUT2D eigenvalue weighted by molar-refractivity contribution is 7.13. The van der Waals surface area contributed by atoms with Gasteiger partial charge in [0.15, 0.2) is 0 Å². The van der Waals surface area contributed by atoms with Crippen molar-refractivity contribution >= 4 is 15.4 Å². The molecule has 0 aromatic carbocycles. The van der Waals surface area contributed by atoms with Crippen LogP contribution < -0.4 is 5.09 Å². The molecule has 1 unspecified atom stereocenters. The molecule has 0 saturated heterocycles. The first-order valence-corrected chi connectivity index (χ1v) is 2.84. The molecule has 0 fully saturated rings. The highest BCUT2D eigenvalue weighted by Crippen LogP contribution is 1.86. The van der Waals surface area contributed by atoms with Gasteiger partial charge in [0.05, 0.1) is 7.11 Å². The van der Waals surface area contributed by atoms with E-state index in [0.717, 1.165) is 0 Å². The van der Waals surface area contributed by atoms with Crippen LogP contribution in [0.4, 0.5) is 0 Å². The van der Waals surface area contributed by atoms with Crippen molar-refractivity contribution in [1.82, 2.24) is 5.09 Å². The maximum absolute atomic E-state index is 10.4. The Morgan fingerprint density at radius 1 is 1.88 bits per heavy atom. The normalized spacial score (nSPS) is 12.9. The summed E-state index contributed by atoms with van der Waals surface area (Å²) in [5.74, 6) is -0.250. The summed E-state index contributed by atoms with van der Waals surface area (Å²) in [7, 11) is 3.60. The first-order valence-electron chi connectivity index (χ1n) is 2.26. The fraction of sp³-hybridized carbons (Fsp3) is 0.750. The van der Waals surface area contributed by atoms with E-state index in [-0.39, 0.29) is 12.0 Å². The summed E-state index contributed by atoms with van der Waals surface area (Å²) in [6, 6.07) is -0.231. The van der Waals surface area contributed by atoms with Gasteiger partial charge < -0.3 is 4.74 Å². The van der Waals surface area contributed by atoms with Crippen molar-refractivity contribution < 1.29 is 9.53 Å². The van der Waals surface area contributed by atoms with E-state index < -0.39 is 0 Å². The zero-order valence-corrected chi connectivity index (χ0v) is 6.13. The van der Waals surface area contributed by atoms with Gasteiger partial charge in [-0.05, 0) is 6.92 Å². The van der Waals surface area contributed by atoms with Crippen molar-refractivity contribution in [2.75, 3.05) is 7.11 Å². The molecule has 0 bridgehead atoms. The van der Waals surface area contributed by atoms with Crippen molar-refractivity contribution in [2.45, 2.75) is 13.0 Å². The number of carbonyl (C=O) groups is 1. The summed E-state index contributed by atoms with van der Waals surface area (Å²) in [6.45, 7) is 1.72. The van der Waals surface area contributed by atoms with Crippen LogP contribution in [0.3, 0.4) is 0 Å². The van der Waals surface area contributed by atoms with Crippen molar-refractivity contribution in [3.63, 3.8) is 0 Å². The molecule has 0 amide bonds. The van der Waals surface area contributed by atoms with Crippen molar-refractivity contribution in [1.29, 1.82) is 0 Å². The van der Waals surface area contributed by atoms with Crippen LogP contribution in [0.15, 0.2) is 0 Å². The molecule has 4 heteroatoms. The van der Waals surface area contributed by atoms with Crippen LogP contribution in [0.5, 0.6) is 0 Å². The van der Waals surface area contributed by atoms with E-state index in [1.165, 1.54) is 7.11 Å². The van der Waals surface area contributed by atoms with Gasteiger partial charge >= 0.3 is 5.97 Å². The van der Waals surface area contributed by atoms with E-state index in [9.17, 15) is 4.79 Å². The van der Waals surface area contributed by atoms with E-state index >= 15 is 0 Å². The predicted molar refractivity (Wildman–Crippen MR) is 34.3 cm³/mol. The lowest BCUT2D eigenvalue weighted by atomic mass is 10.4. The molecule has 0 aliphatic carbocycles. The minimum atomic E-state index is -0.250. The van der Waals surface area contributed by atoms with E-state index in [1.54, 1.807) is 6.92 Å². The monoisotopic (exact) mass is 135 g/mol. The molecule has 48 valence electrons. The van der Waals surface area contributed by atoms with E-state index in [4.69, 9.17) is 0 Å². The highest BCUT2D eigenvalue weighted by Gasteiger charge is 2.07. The van der Waals surface area contributed by atoms with Gasteiger partial charge in [0.1, 0.15) is 6.04 Å². The smallest absolute Gasteiger partial charge is 0.322 e. The van der Waals surface area contributed by atoms with Crippen LogP contribution in [0.2, 0.25) is 0 Å². The summed E-state index contributed by atoms with van der Waals surface area (Å²) in [6.07, 6.45) is 0. The number of carbonyl (C=O) groups excluding carboxylic acids is 1. The second-order valence-electron chi connectivity index (χ2n) is 1.41. The Bertz CT molecular complexity index is 86.1. The number of rotatable bonds is 2. The number of hydrogen-bond donors (Lipinski definition) is 1. The summed E-state index contributed by atoms with van der Waals surface area (Å²) >= 11 is 0. The number of nitrogens with one attached hydrogen (secondary N) is 1. The maximum Gasteiger partial charge on any atom is 0.322 e. The Kier molecular flexibility index (Phi) is 3.75. The lowest BCUT2D eigenvalue weighted by molar-refractivity contribution is -0.142. The molecular weight excluding hydrogens is 125 g/mol. The van der Waals surface area contributed by atoms with Gasteiger partial charge in [-0.25, -0.2) is 0 Å². The minimum absolute atomic E-state index is 0.231. The largest absolute Gasteiger partial charge is 0.468 e. The summed E-state index contributed by atoms with van der Waals surface area (Å²) in [4.78, 5) is 10.4. The molecular formula is C4H10NO2P. The Balaban J connectivity index is 3.46. The van der Waals surface area contributed by atoms with Crippen molar-refractivity contribution in [3.8, 4) is 0 Å². The molecule has 0 aliphatic heterocycles. The number of hydrogen-bond acceptors (Lipinski definition) is 3. The second kappa shape index (κ2) is 3.81.